The van der Waals surface area contributed by atoms with Gasteiger partial charge in [0.25, 0.3) is 0 Å². The molecule has 0 aliphatic heterocycles. The summed E-state index contributed by atoms with van der Waals surface area (Å²) in [4.78, 5) is 4.58. The average molecular weight is 250 g/mol. The van der Waals surface area contributed by atoms with Crippen LogP contribution in [0.3, 0.4) is 0 Å². The predicted octanol–water partition coefficient (Wildman–Crippen LogP) is 3.22. The van der Waals surface area contributed by atoms with Crippen molar-refractivity contribution in [3.8, 4) is 6.07 Å². The van der Waals surface area contributed by atoms with Crippen LogP contribution < -0.4 is 0 Å². The van der Waals surface area contributed by atoms with E-state index >= 15 is 0 Å². The van der Waals surface area contributed by atoms with Crippen molar-refractivity contribution in [3.63, 3.8) is 0 Å². The van der Waals surface area contributed by atoms with Crippen LogP contribution >= 0.6 is 0 Å². The zero-order chi connectivity index (χ0) is 13.8. The third kappa shape index (κ3) is 2.18. The summed E-state index contributed by atoms with van der Waals surface area (Å²) in [5, 5.41) is 13.4. The fraction of sp³-hybridized carbons (Fsp3) is 0.133. The van der Waals surface area contributed by atoms with Gasteiger partial charge < -0.3 is 0 Å². The lowest BCUT2D eigenvalue weighted by Gasteiger charge is -2.06. The molecule has 2 aromatic heterocycles. The standard InChI is InChI=1S/C15H14N4/c1-4-7-13-10-19-15(12(8-16)9-17-19)14(18-13)11(5-2)6-3/h4-7,9-10H,2H2,1,3H3/b7-4+,11-6+. The van der Waals surface area contributed by atoms with Crippen LogP contribution in [0.25, 0.3) is 17.2 Å². The zero-order valence-corrected chi connectivity index (χ0v) is 11.0. The van der Waals surface area contributed by atoms with E-state index in [9.17, 15) is 0 Å². The number of hydrogen-bond acceptors (Lipinski definition) is 3. The van der Waals surface area contributed by atoms with Gasteiger partial charge in [0, 0.05) is 0 Å². The topological polar surface area (TPSA) is 54.0 Å². The normalized spacial score (nSPS) is 11.9. The van der Waals surface area contributed by atoms with E-state index in [1.54, 1.807) is 23.0 Å². The molecule has 0 amide bonds. The van der Waals surface area contributed by atoms with Crippen molar-refractivity contribution < 1.29 is 0 Å². The molecule has 0 aliphatic carbocycles. The molecule has 0 aromatic carbocycles. The highest BCUT2D eigenvalue weighted by Gasteiger charge is 2.13. The first-order valence-corrected chi connectivity index (χ1v) is 5.95. The molecule has 0 N–H and O–H groups in total. The summed E-state index contributed by atoms with van der Waals surface area (Å²) in [6.07, 6.45) is 10.8. The number of hydrogen-bond donors (Lipinski definition) is 0. The molecule has 0 spiro atoms. The molecular formula is C15H14N4. The smallest absolute Gasteiger partial charge is 0.110 e. The Bertz CT molecular complexity index is 726. The van der Waals surface area contributed by atoms with E-state index in [1.165, 1.54) is 0 Å². The molecule has 0 aliphatic rings. The van der Waals surface area contributed by atoms with E-state index in [0.29, 0.717) is 11.1 Å². The zero-order valence-electron chi connectivity index (χ0n) is 11.0. The summed E-state index contributed by atoms with van der Waals surface area (Å²) in [6.45, 7) is 7.64. The molecule has 0 saturated carbocycles. The lowest BCUT2D eigenvalue weighted by atomic mass is 10.1. The van der Waals surface area contributed by atoms with Gasteiger partial charge in [-0.05, 0) is 25.5 Å². The van der Waals surface area contributed by atoms with Gasteiger partial charge in [0.1, 0.15) is 17.1 Å². The number of fused-ring (bicyclic) bond motifs is 1. The Morgan fingerprint density at radius 1 is 1.47 bits per heavy atom. The van der Waals surface area contributed by atoms with Crippen molar-refractivity contribution in [2.45, 2.75) is 13.8 Å². The Morgan fingerprint density at radius 3 is 2.84 bits per heavy atom. The number of nitriles is 1. The Kier molecular flexibility index (Phi) is 3.58. The minimum atomic E-state index is 0.510. The maximum absolute atomic E-state index is 9.16. The van der Waals surface area contributed by atoms with Crippen LogP contribution in [0.1, 0.15) is 30.8 Å². The number of allylic oxidation sites excluding steroid dienone is 4. The van der Waals surface area contributed by atoms with Crippen molar-refractivity contribution >= 4 is 17.2 Å². The summed E-state index contributed by atoms with van der Waals surface area (Å²) in [6, 6.07) is 2.14. The first-order valence-electron chi connectivity index (χ1n) is 5.95. The molecule has 2 rings (SSSR count). The SMILES string of the molecule is C=C/C(=C\C)c1nc(/C=C/C)cn2ncc(C#N)c12. The molecule has 4 heteroatoms. The highest BCUT2D eigenvalue weighted by Crippen LogP contribution is 2.23. The van der Waals surface area contributed by atoms with Crippen molar-refractivity contribution in [2.75, 3.05) is 0 Å². The van der Waals surface area contributed by atoms with E-state index < -0.39 is 0 Å². The molecule has 0 unspecified atom stereocenters. The molecule has 19 heavy (non-hydrogen) atoms. The van der Waals surface area contributed by atoms with E-state index in [1.807, 2.05) is 32.1 Å². The van der Waals surface area contributed by atoms with Gasteiger partial charge in [0.2, 0.25) is 0 Å². The lowest BCUT2D eigenvalue weighted by Crippen LogP contribution is -1.99. The van der Waals surface area contributed by atoms with Crippen molar-refractivity contribution in [3.05, 3.63) is 54.2 Å². The number of aromatic nitrogens is 3. The van der Waals surface area contributed by atoms with E-state index in [0.717, 1.165) is 17.0 Å². The maximum Gasteiger partial charge on any atom is 0.110 e. The summed E-state index contributed by atoms with van der Waals surface area (Å²) in [7, 11) is 0. The minimum absolute atomic E-state index is 0.510. The molecule has 0 bridgehead atoms. The molecule has 4 nitrogen and oxygen atoms in total. The molecule has 0 fully saturated rings. The van der Waals surface area contributed by atoms with Crippen LogP contribution in [0.2, 0.25) is 0 Å². The highest BCUT2D eigenvalue weighted by molar-refractivity contribution is 5.84. The Hall–Kier alpha value is -2.67. The summed E-state index contributed by atoms with van der Waals surface area (Å²) in [5.41, 5.74) is 3.62. The fourth-order valence-electron chi connectivity index (χ4n) is 1.92. The fourth-order valence-corrected chi connectivity index (χ4v) is 1.92. The quantitative estimate of drug-likeness (QED) is 0.786. The first kappa shape index (κ1) is 12.8. The van der Waals surface area contributed by atoms with Gasteiger partial charge in [-0.2, -0.15) is 10.4 Å². The lowest BCUT2D eigenvalue weighted by molar-refractivity contribution is 0.937. The van der Waals surface area contributed by atoms with Crippen molar-refractivity contribution in [2.24, 2.45) is 0 Å². The second-order valence-corrected chi connectivity index (χ2v) is 3.93. The van der Waals surface area contributed by atoms with E-state index in [2.05, 4.69) is 22.7 Å². The molecule has 0 radical (unpaired) electrons. The predicted molar refractivity (Wildman–Crippen MR) is 76.3 cm³/mol. The summed E-state index contributed by atoms with van der Waals surface area (Å²) >= 11 is 0. The van der Waals surface area contributed by atoms with Gasteiger partial charge in [-0.15, -0.1) is 0 Å². The Morgan fingerprint density at radius 2 is 2.26 bits per heavy atom. The van der Waals surface area contributed by atoms with Gasteiger partial charge in [-0.3, -0.25) is 0 Å². The van der Waals surface area contributed by atoms with Gasteiger partial charge >= 0.3 is 0 Å². The summed E-state index contributed by atoms with van der Waals surface area (Å²) < 4.78 is 1.68. The minimum Gasteiger partial charge on any atom is -0.244 e. The van der Waals surface area contributed by atoms with Crippen LogP contribution in [0.15, 0.2) is 37.2 Å². The largest absolute Gasteiger partial charge is 0.244 e. The third-order valence-electron chi connectivity index (χ3n) is 2.78. The van der Waals surface area contributed by atoms with Crippen molar-refractivity contribution in [1.29, 1.82) is 5.26 Å². The van der Waals surface area contributed by atoms with Crippen LogP contribution in [-0.2, 0) is 0 Å². The molecule has 2 heterocycles. The summed E-state index contributed by atoms with van der Waals surface area (Å²) in [5.74, 6) is 0. The highest BCUT2D eigenvalue weighted by atomic mass is 15.2. The van der Waals surface area contributed by atoms with E-state index in [4.69, 9.17) is 5.26 Å². The molecule has 0 saturated heterocycles. The number of nitrogens with zero attached hydrogens (tertiary/aromatic N) is 4. The van der Waals surface area contributed by atoms with Crippen LogP contribution in [-0.4, -0.2) is 14.6 Å². The monoisotopic (exact) mass is 250 g/mol. The van der Waals surface area contributed by atoms with Gasteiger partial charge in [0.05, 0.1) is 23.8 Å². The second kappa shape index (κ2) is 5.32. The molecule has 2 aromatic rings. The third-order valence-corrected chi connectivity index (χ3v) is 2.78. The van der Waals surface area contributed by atoms with Crippen molar-refractivity contribution in [1.82, 2.24) is 14.6 Å². The maximum atomic E-state index is 9.16. The first-order chi connectivity index (χ1) is 9.24. The van der Waals surface area contributed by atoms with Crippen LogP contribution in [0.4, 0.5) is 0 Å². The van der Waals surface area contributed by atoms with Crippen LogP contribution in [0, 0.1) is 11.3 Å². The number of rotatable bonds is 3. The van der Waals surface area contributed by atoms with E-state index in [-0.39, 0.29) is 0 Å². The van der Waals surface area contributed by atoms with Gasteiger partial charge in [0.15, 0.2) is 0 Å². The molecule has 0 atom stereocenters. The average Bonchev–Trinajstić information content (AvgIpc) is 2.83. The van der Waals surface area contributed by atoms with Crippen LogP contribution in [0.5, 0.6) is 0 Å². The Labute approximate surface area is 112 Å². The van der Waals surface area contributed by atoms with Gasteiger partial charge in [-0.25, -0.2) is 9.50 Å². The Balaban J connectivity index is 2.87. The second-order valence-electron chi connectivity index (χ2n) is 3.93. The van der Waals surface area contributed by atoms with Gasteiger partial charge in [-0.1, -0.05) is 24.8 Å². The molecular weight excluding hydrogens is 236 g/mol. The molecule has 94 valence electrons.